The summed E-state index contributed by atoms with van der Waals surface area (Å²) >= 11 is 0.880. The lowest BCUT2D eigenvalue weighted by molar-refractivity contribution is 0.0388. The van der Waals surface area contributed by atoms with E-state index in [1.807, 2.05) is 0 Å². The van der Waals surface area contributed by atoms with E-state index in [1.165, 1.54) is 13.0 Å². The Morgan fingerprint density at radius 2 is 2.20 bits per heavy atom. The minimum absolute atomic E-state index is 0.0186. The Morgan fingerprint density at radius 1 is 1.43 bits per heavy atom. The Hall–Kier alpha value is -2.50. The zero-order valence-corrected chi connectivity index (χ0v) is 17.5. The topological polar surface area (TPSA) is 119 Å². The number of primary amides is 1. The highest BCUT2D eigenvalue weighted by Crippen LogP contribution is 2.33. The molecule has 30 heavy (non-hydrogen) atoms. The molecule has 1 aromatic heterocycles. The molecule has 0 bridgehead atoms. The first-order valence-corrected chi connectivity index (χ1v) is 10.5. The van der Waals surface area contributed by atoms with Crippen LogP contribution in [0.2, 0.25) is 0 Å². The SMILES string of the molecule is CC1(F)C=CC=CC1COc1nsc(NC(=O)NCCN2CCOCC2)c1C(N)=O. The van der Waals surface area contributed by atoms with Crippen LogP contribution in [0, 0.1) is 5.92 Å². The van der Waals surface area contributed by atoms with Gasteiger partial charge in [-0.15, -0.1) is 0 Å². The van der Waals surface area contributed by atoms with E-state index in [1.54, 1.807) is 18.2 Å². The van der Waals surface area contributed by atoms with Gasteiger partial charge in [0.1, 0.15) is 16.2 Å². The van der Waals surface area contributed by atoms with Crippen LogP contribution in [0.15, 0.2) is 24.3 Å². The maximum absolute atomic E-state index is 14.5. The largest absolute Gasteiger partial charge is 0.476 e. The smallest absolute Gasteiger partial charge is 0.319 e. The van der Waals surface area contributed by atoms with Gasteiger partial charge in [-0.05, 0) is 24.5 Å². The van der Waals surface area contributed by atoms with Crippen molar-refractivity contribution in [3.63, 3.8) is 0 Å². The number of amides is 3. The number of ether oxygens (including phenoxy) is 2. The van der Waals surface area contributed by atoms with Gasteiger partial charge in [-0.3, -0.25) is 15.0 Å². The van der Waals surface area contributed by atoms with Crippen molar-refractivity contribution in [2.75, 3.05) is 51.3 Å². The quantitative estimate of drug-likeness (QED) is 0.565. The van der Waals surface area contributed by atoms with Crippen molar-refractivity contribution in [2.24, 2.45) is 11.7 Å². The molecule has 1 aliphatic carbocycles. The molecular formula is C19H26FN5O4S. The summed E-state index contributed by atoms with van der Waals surface area (Å²) in [6.07, 6.45) is 6.51. The number of nitrogens with zero attached hydrogens (tertiary/aromatic N) is 2. The molecule has 0 spiro atoms. The van der Waals surface area contributed by atoms with Crippen LogP contribution in [0.25, 0.3) is 0 Å². The number of allylic oxidation sites excluding steroid dienone is 3. The van der Waals surface area contributed by atoms with Gasteiger partial charge in [0.05, 0.1) is 19.8 Å². The van der Waals surface area contributed by atoms with Gasteiger partial charge in [0.25, 0.3) is 5.91 Å². The second-order valence-corrected chi connectivity index (χ2v) is 7.98. The predicted molar refractivity (Wildman–Crippen MR) is 112 cm³/mol. The molecule has 1 aliphatic heterocycles. The average Bonchev–Trinajstić information content (AvgIpc) is 3.10. The number of alkyl halides is 1. The number of aromatic nitrogens is 1. The predicted octanol–water partition coefficient (Wildman–Crippen LogP) is 1.54. The first-order chi connectivity index (χ1) is 14.4. The zero-order valence-electron chi connectivity index (χ0n) is 16.7. The summed E-state index contributed by atoms with van der Waals surface area (Å²) in [5.41, 5.74) is 3.85. The van der Waals surface area contributed by atoms with Gasteiger partial charge in [-0.1, -0.05) is 18.2 Å². The number of hydrogen-bond donors (Lipinski definition) is 3. The molecule has 2 unspecified atom stereocenters. The van der Waals surface area contributed by atoms with E-state index in [2.05, 4.69) is 19.9 Å². The lowest BCUT2D eigenvalue weighted by atomic mass is 9.88. The number of morpholine rings is 1. The molecule has 3 rings (SSSR count). The normalized spacial score (nSPS) is 23.9. The zero-order chi connectivity index (χ0) is 21.6. The van der Waals surface area contributed by atoms with Gasteiger partial charge in [0, 0.05) is 32.1 Å². The summed E-state index contributed by atoms with van der Waals surface area (Å²) in [7, 11) is 0. The molecule has 4 N–H and O–H groups in total. The van der Waals surface area contributed by atoms with E-state index in [0.29, 0.717) is 26.3 Å². The Bertz CT molecular complexity index is 820. The number of rotatable bonds is 8. The first-order valence-electron chi connectivity index (χ1n) is 9.69. The van der Waals surface area contributed by atoms with E-state index in [4.69, 9.17) is 15.2 Å². The monoisotopic (exact) mass is 439 g/mol. The third kappa shape index (κ3) is 5.77. The standard InChI is InChI=1S/C19H26FN5O4S/c1-19(20)5-3-2-4-13(19)12-29-16-14(15(21)26)17(30-24-16)23-18(27)22-6-7-25-8-10-28-11-9-25/h2-5,13H,6-12H2,1H3,(H2,21,26)(H2,22,23,27). The number of urea groups is 1. The fraction of sp³-hybridized carbons (Fsp3) is 0.526. The highest BCUT2D eigenvalue weighted by molar-refractivity contribution is 7.11. The van der Waals surface area contributed by atoms with Crippen LogP contribution in [0.4, 0.5) is 14.2 Å². The average molecular weight is 440 g/mol. The maximum Gasteiger partial charge on any atom is 0.319 e. The summed E-state index contributed by atoms with van der Waals surface area (Å²) in [5.74, 6) is -1.34. The number of carbonyl (C=O) groups is 2. The van der Waals surface area contributed by atoms with Crippen molar-refractivity contribution >= 4 is 28.5 Å². The molecule has 0 aromatic carbocycles. The van der Waals surface area contributed by atoms with Crippen LogP contribution in [0.5, 0.6) is 5.88 Å². The van der Waals surface area contributed by atoms with Gasteiger partial charge in [-0.2, -0.15) is 4.37 Å². The minimum atomic E-state index is -1.57. The summed E-state index contributed by atoms with van der Waals surface area (Å²) in [6, 6.07) is -0.474. The van der Waals surface area contributed by atoms with Gasteiger partial charge in [0.2, 0.25) is 5.88 Å². The van der Waals surface area contributed by atoms with Gasteiger partial charge < -0.3 is 20.5 Å². The third-order valence-electron chi connectivity index (χ3n) is 4.95. The molecule has 1 aromatic rings. The third-order valence-corrected chi connectivity index (χ3v) is 5.70. The molecule has 1 fully saturated rings. The minimum Gasteiger partial charge on any atom is -0.476 e. The Labute approximate surface area is 178 Å². The van der Waals surface area contributed by atoms with Crippen LogP contribution in [0.1, 0.15) is 17.3 Å². The van der Waals surface area contributed by atoms with Gasteiger partial charge >= 0.3 is 6.03 Å². The van der Waals surface area contributed by atoms with E-state index in [-0.39, 0.29) is 23.1 Å². The van der Waals surface area contributed by atoms with Crippen LogP contribution in [-0.4, -0.2) is 72.9 Å². The maximum atomic E-state index is 14.5. The molecular weight excluding hydrogens is 413 g/mol. The van der Waals surface area contributed by atoms with Crippen molar-refractivity contribution in [3.05, 3.63) is 29.9 Å². The summed E-state index contributed by atoms with van der Waals surface area (Å²) in [6.45, 7) is 5.59. The number of carbonyl (C=O) groups excluding carboxylic acids is 2. The van der Waals surface area contributed by atoms with Crippen molar-refractivity contribution in [1.29, 1.82) is 0 Å². The first kappa shape index (κ1) is 22.2. The summed E-state index contributed by atoms with van der Waals surface area (Å²) < 4.78 is 29.5. The van der Waals surface area contributed by atoms with Crippen LogP contribution >= 0.6 is 11.5 Å². The molecule has 0 saturated carbocycles. The van der Waals surface area contributed by atoms with Crippen molar-refractivity contribution in [2.45, 2.75) is 12.6 Å². The van der Waals surface area contributed by atoms with E-state index in [0.717, 1.165) is 24.6 Å². The summed E-state index contributed by atoms with van der Waals surface area (Å²) in [4.78, 5) is 26.3. The molecule has 2 heterocycles. The van der Waals surface area contributed by atoms with E-state index in [9.17, 15) is 14.0 Å². The molecule has 0 radical (unpaired) electrons. The Kier molecular flexibility index (Phi) is 7.40. The van der Waals surface area contributed by atoms with Crippen LogP contribution in [-0.2, 0) is 4.74 Å². The highest BCUT2D eigenvalue weighted by atomic mass is 32.1. The number of hydrogen-bond acceptors (Lipinski definition) is 7. The lowest BCUT2D eigenvalue weighted by Gasteiger charge is -2.26. The second-order valence-electron chi connectivity index (χ2n) is 7.20. The molecule has 1 saturated heterocycles. The van der Waals surface area contributed by atoms with Crippen LogP contribution in [0.3, 0.4) is 0 Å². The fourth-order valence-electron chi connectivity index (χ4n) is 3.12. The second kappa shape index (κ2) is 10.0. The van der Waals surface area contributed by atoms with E-state index < -0.39 is 23.5 Å². The fourth-order valence-corrected chi connectivity index (χ4v) is 3.85. The van der Waals surface area contributed by atoms with Crippen LogP contribution < -0.4 is 21.1 Å². The van der Waals surface area contributed by atoms with Gasteiger partial charge in [-0.25, -0.2) is 9.18 Å². The lowest BCUT2D eigenvalue weighted by Crippen LogP contribution is -2.42. The Morgan fingerprint density at radius 3 is 2.90 bits per heavy atom. The number of anilines is 1. The van der Waals surface area contributed by atoms with Crippen molar-refractivity contribution in [3.8, 4) is 5.88 Å². The number of nitrogens with two attached hydrogens (primary N) is 1. The van der Waals surface area contributed by atoms with Crippen molar-refractivity contribution in [1.82, 2.24) is 14.6 Å². The molecule has 3 amide bonds. The molecule has 11 heteroatoms. The number of nitrogens with one attached hydrogen (secondary N) is 2. The Balaban J connectivity index is 1.54. The molecule has 2 atom stereocenters. The highest BCUT2D eigenvalue weighted by Gasteiger charge is 2.32. The van der Waals surface area contributed by atoms with Crippen molar-refractivity contribution < 1.29 is 23.5 Å². The molecule has 9 nitrogen and oxygen atoms in total. The van der Waals surface area contributed by atoms with Gasteiger partial charge in [0.15, 0.2) is 0 Å². The summed E-state index contributed by atoms with van der Waals surface area (Å²) in [5, 5.41) is 5.51. The molecule has 2 aliphatic rings. The molecule has 164 valence electrons. The number of halogens is 1. The van der Waals surface area contributed by atoms with E-state index >= 15 is 0 Å².